The lowest BCUT2D eigenvalue weighted by Gasteiger charge is -2.21. The van der Waals surface area contributed by atoms with Gasteiger partial charge in [-0.2, -0.15) is 0 Å². The van der Waals surface area contributed by atoms with Gasteiger partial charge >= 0.3 is 12.1 Å². The van der Waals surface area contributed by atoms with Gasteiger partial charge in [-0.3, -0.25) is 9.59 Å². The quantitative estimate of drug-likeness (QED) is 0.399. The Morgan fingerprint density at radius 2 is 1.60 bits per heavy atom. The monoisotopic (exact) mass is 480 g/mol. The fraction of sp³-hybridized carbons (Fsp3) is 0.464. The standard InChI is InChI=1S/C28H36N2O5/c1-4-20(13-14-26(31)29-16-19(18(2)3)15-27(32)33)30-28(34)35-17-25-23-11-7-5-9-21(23)22-10-6-8-12-24(22)25/h5-12,18-20,25H,4,13-17H2,1-3H3,(H,29,31)(H,30,34)(H,32,33). The van der Waals surface area contributed by atoms with Gasteiger partial charge in [-0.15, -0.1) is 0 Å². The Bertz CT molecular complexity index is 990. The molecule has 2 amide bonds. The zero-order valence-corrected chi connectivity index (χ0v) is 20.8. The first-order chi connectivity index (χ1) is 16.8. The summed E-state index contributed by atoms with van der Waals surface area (Å²) in [5.74, 6) is -0.966. The van der Waals surface area contributed by atoms with E-state index in [0.29, 0.717) is 19.4 Å². The number of amides is 2. The Kier molecular flexibility index (Phi) is 9.29. The molecular formula is C28H36N2O5. The summed E-state index contributed by atoms with van der Waals surface area (Å²) in [6.45, 7) is 6.43. The Labute approximate surface area is 207 Å². The number of fused-ring (bicyclic) bond motifs is 3. The molecule has 1 aliphatic rings. The second kappa shape index (κ2) is 12.4. The number of nitrogens with one attached hydrogen (secondary N) is 2. The van der Waals surface area contributed by atoms with Crippen molar-refractivity contribution in [3.05, 3.63) is 59.7 Å². The average Bonchev–Trinajstić information content (AvgIpc) is 3.16. The molecule has 0 spiro atoms. The number of alkyl carbamates (subject to hydrolysis) is 1. The minimum absolute atomic E-state index is 0.00119. The van der Waals surface area contributed by atoms with Gasteiger partial charge in [0.1, 0.15) is 6.61 Å². The third-order valence-corrected chi connectivity index (χ3v) is 6.82. The average molecular weight is 481 g/mol. The minimum Gasteiger partial charge on any atom is -0.481 e. The van der Waals surface area contributed by atoms with E-state index >= 15 is 0 Å². The summed E-state index contributed by atoms with van der Waals surface area (Å²) in [5, 5.41) is 14.8. The van der Waals surface area contributed by atoms with Crippen LogP contribution in [0, 0.1) is 11.8 Å². The normalized spacial score (nSPS) is 14.1. The Morgan fingerprint density at radius 1 is 1.00 bits per heavy atom. The number of benzene rings is 2. The van der Waals surface area contributed by atoms with Crippen LogP contribution in [0.3, 0.4) is 0 Å². The molecule has 35 heavy (non-hydrogen) atoms. The Morgan fingerprint density at radius 3 is 2.14 bits per heavy atom. The van der Waals surface area contributed by atoms with E-state index in [9.17, 15) is 14.4 Å². The molecule has 0 saturated carbocycles. The molecule has 0 aliphatic heterocycles. The number of hydrogen-bond acceptors (Lipinski definition) is 4. The minimum atomic E-state index is -0.865. The van der Waals surface area contributed by atoms with Gasteiger partial charge in [0, 0.05) is 24.9 Å². The van der Waals surface area contributed by atoms with Crippen molar-refractivity contribution in [2.45, 2.75) is 58.4 Å². The van der Waals surface area contributed by atoms with Gasteiger partial charge in [0.25, 0.3) is 0 Å². The Hall–Kier alpha value is -3.35. The number of rotatable bonds is 12. The molecule has 2 unspecified atom stereocenters. The van der Waals surface area contributed by atoms with E-state index in [1.165, 1.54) is 11.1 Å². The maximum Gasteiger partial charge on any atom is 0.407 e. The van der Waals surface area contributed by atoms with E-state index in [1.54, 1.807) is 0 Å². The molecule has 0 heterocycles. The molecule has 2 aromatic rings. The van der Waals surface area contributed by atoms with Crippen LogP contribution in [0.25, 0.3) is 11.1 Å². The maximum absolute atomic E-state index is 12.5. The van der Waals surface area contributed by atoms with Crippen LogP contribution in [-0.4, -0.2) is 42.3 Å². The molecule has 0 bridgehead atoms. The zero-order chi connectivity index (χ0) is 25.4. The summed E-state index contributed by atoms with van der Waals surface area (Å²) in [4.78, 5) is 35.8. The van der Waals surface area contributed by atoms with E-state index in [0.717, 1.165) is 11.1 Å². The zero-order valence-electron chi connectivity index (χ0n) is 20.8. The van der Waals surface area contributed by atoms with Crippen LogP contribution in [0.5, 0.6) is 0 Å². The van der Waals surface area contributed by atoms with Crippen LogP contribution in [0.4, 0.5) is 4.79 Å². The van der Waals surface area contributed by atoms with Crippen LogP contribution < -0.4 is 10.6 Å². The summed E-state index contributed by atoms with van der Waals surface area (Å²) in [7, 11) is 0. The fourth-order valence-corrected chi connectivity index (χ4v) is 4.59. The predicted octanol–water partition coefficient (Wildman–Crippen LogP) is 4.95. The highest BCUT2D eigenvalue weighted by Gasteiger charge is 2.29. The Balaban J connectivity index is 1.46. The van der Waals surface area contributed by atoms with Crippen molar-refractivity contribution in [3.63, 3.8) is 0 Å². The molecule has 1 aliphatic carbocycles. The molecule has 3 rings (SSSR count). The van der Waals surface area contributed by atoms with Crippen LogP contribution >= 0.6 is 0 Å². The molecule has 0 fully saturated rings. The second-order valence-electron chi connectivity index (χ2n) is 9.52. The number of ether oxygens (including phenoxy) is 1. The summed E-state index contributed by atoms with van der Waals surface area (Å²) in [6, 6.07) is 16.2. The number of carbonyl (C=O) groups excluding carboxylic acids is 2. The largest absolute Gasteiger partial charge is 0.481 e. The molecule has 2 aromatic carbocycles. The molecule has 0 aromatic heterocycles. The van der Waals surface area contributed by atoms with Gasteiger partial charge in [0.05, 0.1) is 6.42 Å². The van der Waals surface area contributed by atoms with E-state index in [4.69, 9.17) is 9.84 Å². The molecular weight excluding hydrogens is 444 g/mol. The van der Waals surface area contributed by atoms with Crippen LogP contribution in [0.2, 0.25) is 0 Å². The van der Waals surface area contributed by atoms with E-state index in [1.807, 2.05) is 45.0 Å². The number of carbonyl (C=O) groups is 3. The highest BCUT2D eigenvalue weighted by Crippen LogP contribution is 2.44. The van der Waals surface area contributed by atoms with Crippen LogP contribution in [-0.2, 0) is 14.3 Å². The molecule has 0 saturated heterocycles. The summed E-state index contributed by atoms with van der Waals surface area (Å²) in [6.07, 6.45) is 0.947. The number of hydrogen-bond donors (Lipinski definition) is 3. The van der Waals surface area contributed by atoms with Gasteiger partial charge < -0.3 is 20.5 Å². The van der Waals surface area contributed by atoms with E-state index in [-0.39, 0.29) is 49.2 Å². The van der Waals surface area contributed by atoms with Crippen molar-refractivity contribution in [3.8, 4) is 11.1 Å². The van der Waals surface area contributed by atoms with E-state index in [2.05, 4.69) is 34.9 Å². The molecule has 2 atom stereocenters. The molecule has 188 valence electrons. The van der Waals surface area contributed by atoms with Crippen LogP contribution in [0.15, 0.2) is 48.5 Å². The predicted molar refractivity (Wildman–Crippen MR) is 135 cm³/mol. The third-order valence-electron chi connectivity index (χ3n) is 6.82. The fourth-order valence-electron chi connectivity index (χ4n) is 4.59. The first-order valence-corrected chi connectivity index (χ1v) is 12.4. The van der Waals surface area contributed by atoms with Gasteiger partial charge in [0.2, 0.25) is 5.91 Å². The van der Waals surface area contributed by atoms with Gasteiger partial charge in [-0.1, -0.05) is 69.3 Å². The third kappa shape index (κ3) is 7.07. The summed E-state index contributed by atoms with van der Waals surface area (Å²) >= 11 is 0. The van der Waals surface area contributed by atoms with Crippen molar-refractivity contribution in [1.82, 2.24) is 10.6 Å². The number of carboxylic acid groups (broad SMARTS) is 1. The van der Waals surface area contributed by atoms with Gasteiger partial charge in [-0.25, -0.2) is 4.79 Å². The topological polar surface area (TPSA) is 105 Å². The highest BCUT2D eigenvalue weighted by molar-refractivity contribution is 5.79. The lowest BCUT2D eigenvalue weighted by molar-refractivity contribution is -0.138. The van der Waals surface area contributed by atoms with Crippen molar-refractivity contribution < 1.29 is 24.2 Å². The SMILES string of the molecule is CCC(CCC(=O)NCC(CC(=O)O)C(C)C)NC(=O)OCC1c2ccccc2-c2ccccc21. The molecule has 3 N–H and O–H groups in total. The van der Waals surface area contributed by atoms with Crippen molar-refractivity contribution in [2.24, 2.45) is 11.8 Å². The van der Waals surface area contributed by atoms with Crippen molar-refractivity contribution >= 4 is 18.0 Å². The number of aliphatic carboxylic acids is 1. The van der Waals surface area contributed by atoms with E-state index < -0.39 is 12.1 Å². The lowest BCUT2D eigenvalue weighted by atomic mass is 9.92. The summed E-state index contributed by atoms with van der Waals surface area (Å²) in [5.41, 5.74) is 4.68. The van der Waals surface area contributed by atoms with Gasteiger partial charge in [-0.05, 0) is 46.9 Å². The highest BCUT2D eigenvalue weighted by atomic mass is 16.5. The molecule has 0 radical (unpaired) electrons. The lowest BCUT2D eigenvalue weighted by Crippen LogP contribution is -2.37. The second-order valence-corrected chi connectivity index (χ2v) is 9.52. The maximum atomic E-state index is 12.5. The van der Waals surface area contributed by atoms with Crippen molar-refractivity contribution in [1.29, 1.82) is 0 Å². The number of carboxylic acids is 1. The molecule has 7 nitrogen and oxygen atoms in total. The van der Waals surface area contributed by atoms with Gasteiger partial charge in [0.15, 0.2) is 0 Å². The summed E-state index contributed by atoms with van der Waals surface area (Å²) < 4.78 is 5.61. The smallest absolute Gasteiger partial charge is 0.407 e. The van der Waals surface area contributed by atoms with Crippen molar-refractivity contribution in [2.75, 3.05) is 13.2 Å². The van der Waals surface area contributed by atoms with Crippen LogP contribution in [0.1, 0.15) is 63.5 Å². The molecule has 7 heteroatoms. The first-order valence-electron chi connectivity index (χ1n) is 12.4. The first kappa shape index (κ1) is 26.3.